The third-order valence-corrected chi connectivity index (χ3v) is 5.09. The number of halogens is 1. The van der Waals surface area contributed by atoms with Crippen LogP contribution in [-0.4, -0.2) is 37.1 Å². The van der Waals surface area contributed by atoms with Crippen LogP contribution < -0.4 is 10.6 Å². The molecule has 2 N–H and O–H groups in total. The summed E-state index contributed by atoms with van der Waals surface area (Å²) in [5.74, 6) is 0.394. The Labute approximate surface area is 181 Å². The monoisotopic (exact) mass is 502 g/mol. The molecular weight excluding hydrogens is 475 g/mol. The lowest BCUT2D eigenvalue weighted by molar-refractivity contribution is 0.0531. The number of esters is 1. The molecule has 1 aromatic heterocycles. The Kier molecular flexibility index (Phi) is 10.3. The van der Waals surface area contributed by atoms with Gasteiger partial charge in [-0.25, -0.2) is 9.78 Å². The molecule has 0 spiro atoms. The van der Waals surface area contributed by atoms with Crippen molar-refractivity contribution in [2.24, 2.45) is 4.99 Å². The molecule has 0 saturated heterocycles. The summed E-state index contributed by atoms with van der Waals surface area (Å²) in [5.41, 5.74) is 1.97. The lowest BCUT2D eigenvalue weighted by Crippen LogP contribution is -2.39. The van der Waals surface area contributed by atoms with E-state index in [4.69, 9.17) is 4.74 Å². The smallest absolute Gasteiger partial charge is 0.350 e. The van der Waals surface area contributed by atoms with E-state index in [9.17, 15) is 4.79 Å². The first-order valence-electron chi connectivity index (χ1n) is 8.70. The van der Waals surface area contributed by atoms with Crippen LogP contribution in [0.25, 0.3) is 0 Å². The van der Waals surface area contributed by atoms with E-state index in [1.54, 1.807) is 14.0 Å². The van der Waals surface area contributed by atoms with Gasteiger partial charge >= 0.3 is 5.97 Å². The van der Waals surface area contributed by atoms with Gasteiger partial charge in [0.05, 0.1) is 18.3 Å². The van der Waals surface area contributed by atoms with Gasteiger partial charge in [-0.1, -0.05) is 30.3 Å². The average Bonchev–Trinajstić information content (AvgIpc) is 3.04. The molecule has 27 heavy (non-hydrogen) atoms. The van der Waals surface area contributed by atoms with Crippen LogP contribution in [0.1, 0.15) is 45.8 Å². The molecule has 6 nitrogen and oxygen atoms in total. The number of carbonyl (C=O) groups excluding carboxylic acids is 1. The number of thiazole rings is 1. The van der Waals surface area contributed by atoms with Gasteiger partial charge in [0.15, 0.2) is 5.96 Å². The second-order valence-corrected chi connectivity index (χ2v) is 6.82. The van der Waals surface area contributed by atoms with Crippen LogP contribution in [0.4, 0.5) is 0 Å². The number of ether oxygens (including phenoxy) is 1. The van der Waals surface area contributed by atoms with Crippen LogP contribution in [0.15, 0.2) is 35.3 Å². The number of rotatable bonds is 7. The van der Waals surface area contributed by atoms with E-state index < -0.39 is 0 Å². The third kappa shape index (κ3) is 7.10. The van der Waals surface area contributed by atoms with Gasteiger partial charge in [-0.05, 0) is 32.8 Å². The molecule has 0 aliphatic rings. The van der Waals surface area contributed by atoms with Crippen LogP contribution in [-0.2, 0) is 11.2 Å². The number of aryl methyl sites for hydroxylation is 1. The second kappa shape index (κ2) is 11.9. The summed E-state index contributed by atoms with van der Waals surface area (Å²) >= 11 is 1.36. The summed E-state index contributed by atoms with van der Waals surface area (Å²) in [5, 5.41) is 7.45. The van der Waals surface area contributed by atoms with Gasteiger partial charge in [-0.2, -0.15) is 0 Å². The fourth-order valence-corrected chi connectivity index (χ4v) is 3.38. The molecule has 0 radical (unpaired) electrons. The Bertz CT molecular complexity index is 749. The van der Waals surface area contributed by atoms with E-state index in [1.807, 2.05) is 32.0 Å². The zero-order chi connectivity index (χ0) is 18.9. The van der Waals surface area contributed by atoms with Crippen molar-refractivity contribution in [1.82, 2.24) is 15.6 Å². The summed E-state index contributed by atoms with van der Waals surface area (Å²) in [6.07, 6.45) is 0.916. The minimum absolute atomic E-state index is 0. The van der Waals surface area contributed by atoms with Crippen LogP contribution in [0.3, 0.4) is 0 Å². The highest BCUT2D eigenvalue weighted by Crippen LogP contribution is 2.24. The summed E-state index contributed by atoms with van der Waals surface area (Å²) < 4.78 is 5.07. The normalized spacial score (nSPS) is 12.1. The molecule has 1 unspecified atom stereocenters. The van der Waals surface area contributed by atoms with Gasteiger partial charge in [0, 0.05) is 13.6 Å². The molecule has 0 aliphatic carbocycles. The van der Waals surface area contributed by atoms with Gasteiger partial charge in [-0.15, -0.1) is 35.3 Å². The minimum Gasteiger partial charge on any atom is -0.462 e. The lowest BCUT2D eigenvalue weighted by Gasteiger charge is -2.16. The Morgan fingerprint density at radius 1 is 1.33 bits per heavy atom. The van der Waals surface area contributed by atoms with E-state index in [-0.39, 0.29) is 36.0 Å². The molecule has 148 valence electrons. The first kappa shape index (κ1) is 23.4. The van der Waals surface area contributed by atoms with Crippen molar-refractivity contribution >= 4 is 47.2 Å². The summed E-state index contributed by atoms with van der Waals surface area (Å²) in [6.45, 7) is 6.76. The van der Waals surface area contributed by atoms with Crippen LogP contribution in [0.2, 0.25) is 0 Å². The lowest BCUT2D eigenvalue weighted by atomic mass is 10.1. The van der Waals surface area contributed by atoms with E-state index in [2.05, 4.69) is 32.7 Å². The van der Waals surface area contributed by atoms with E-state index in [1.165, 1.54) is 16.9 Å². The zero-order valence-electron chi connectivity index (χ0n) is 16.1. The highest BCUT2D eigenvalue weighted by molar-refractivity contribution is 14.0. The molecule has 2 rings (SSSR count). The maximum atomic E-state index is 11.9. The highest BCUT2D eigenvalue weighted by Gasteiger charge is 2.20. The predicted octanol–water partition coefficient (Wildman–Crippen LogP) is 3.71. The van der Waals surface area contributed by atoms with Crippen LogP contribution >= 0.6 is 35.3 Å². The quantitative estimate of drug-likeness (QED) is 0.261. The minimum atomic E-state index is -0.314. The largest absolute Gasteiger partial charge is 0.462 e. The molecule has 0 saturated carbocycles. The molecule has 8 heteroatoms. The number of hydrogen-bond acceptors (Lipinski definition) is 5. The van der Waals surface area contributed by atoms with Gasteiger partial charge in [-0.3, -0.25) is 4.99 Å². The molecular formula is C19H27IN4O2S. The molecule has 2 aromatic rings. The van der Waals surface area contributed by atoms with Crippen molar-refractivity contribution in [3.05, 3.63) is 51.5 Å². The molecule has 0 fully saturated rings. The van der Waals surface area contributed by atoms with Crippen molar-refractivity contribution in [2.45, 2.75) is 33.2 Å². The Hall–Kier alpha value is -1.68. The number of nitrogens with zero attached hydrogens (tertiary/aromatic N) is 2. The Balaban J connectivity index is 0.00000364. The molecule has 0 amide bonds. The van der Waals surface area contributed by atoms with Crippen molar-refractivity contribution in [2.75, 3.05) is 20.2 Å². The summed E-state index contributed by atoms with van der Waals surface area (Å²) in [7, 11) is 1.74. The number of carbonyl (C=O) groups is 1. The highest BCUT2D eigenvalue weighted by atomic mass is 127. The first-order chi connectivity index (χ1) is 12.5. The molecule has 0 aliphatic heterocycles. The Morgan fingerprint density at radius 3 is 2.67 bits per heavy atom. The molecule has 1 aromatic carbocycles. The summed E-state index contributed by atoms with van der Waals surface area (Å²) in [6, 6.07) is 10.2. The number of hydrogen-bond donors (Lipinski definition) is 2. The number of aromatic nitrogens is 1. The second-order valence-electron chi connectivity index (χ2n) is 5.79. The van der Waals surface area contributed by atoms with Crippen molar-refractivity contribution < 1.29 is 9.53 Å². The number of aliphatic imine (C=N–C) groups is 1. The van der Waals surface area contributed by atoms with Gasteiger partial charge in [0.25, 0.3) is 0 Å². The maximum Gasteiger partial charge on any atom is 0.350 e. The Morgan fingerprint density at radius 2 is 2.04 bits per heavy atom. The van der Waals surface area contributed by atoms with E-state index in [0.29, 0.717) is 23.1 Å². The topological polar surface area (TPSA) is 75.6 Å². The predicted molar refractivity (Wildman–Crippen MR) is 121 cm³/mol. The van der Waals surface area contributed by atoms with Crippen molar-refractivity contribution in [1.29, 1.82) is 0 Å². The standard InChI is InChI=1S/C19H26N4O2S.HI/c1-5-25-18(24)16-13(2)22-17(26-16)14(3)23-19(20-4)21-12-11-15-9-7-6-8-10-15;/h6-10,14H,5,11-12H2,1-4H3,(H2,20,21,23);1H. The fourth-order valence-electron chi connectivity index (χ4n) is 2.42. The third-order valence-electron chi connectivity index (χ3n) is 3.77. The number of guanidine groups is 1. The maximum absolute atomic E-state index is 11.9. The summed E-state index contributed by atoms with van der Waals surface area (Å²) in [4.78, 5) is 21.3. The van der Waals surface area contributed by atoms with Crippen molar-refractivity contribution in [3.8, 4) is 0 Å². The SMILES string of the molecule is CCOC(=O)c1sc(C(C)NC(=NC)NCCc2ccccc2)nc1C.I. The van der Waals surface area contributed by atoms with E-state index in [0.717, 1.165) is 18.0 Å². The van der Waals surface area contributed by atoms with Crippen molar-refractivity contribution in [3.63, 3.8) is 0 Å². The number of nitrogens with one attached hydrogen (secondary N) is 2. The fraction of sp³-hybridized carbons (Fsp3) is 0.421. The van der Waals surface area contributed by atoms with Gasteiger partial charge < -0.3 is 15.4 Å². The molecule has 1 atom stereocenters. The zero-order valence-corrected chi connectivity index (χ0v) is 19.3. The van der Waals surface area contributed by atoms with Gasteiger partial charge in [0.2, 0.25) is 0 Å². The molecule has 1 heterocycles. The van der Waals surface area contributed by atoms with E-state index >= 15 is 0 Å². The average molecular weight is 502 g/mol. The first-order valence-corrected chi connectivity index (χ1v) is 9.52. The van der Waals surface area contributed by atoms with Gasteiger partial charge in [0.1, 0.15) is 9.88 Å². The van der Waals surface area contributed by atoms with Crippen LogP contribution in [0.5, 0.6) is 0 Å². The number of benzene rings is 1. The van der Waals surface area contributed by atoms with Crippen LogP contribution in [0, 0.1) is 6.92 Å². The molecule has 0 bridgehead atoms.